The Kier molecular flexibility index (Phi) is 8.43. The van der Waals surface area contributed by atoms with E-state index in [1.165, 1.54) is 60.6 Å². The molecule has 0 radical (unpaired) electrons. The summed E-state index contributed by atoms with van der Waals surface area (Å²) < 4.78 is 100. The van der Waals surface area contributed by atoms with Gasteiger partial charge < -0.3 is 19.8 Å². The second kappa shape index (κ2) is 11.7. The molecule has 0 spiro atoms. The van der Waals surface area contributed by atoms with Gasteiger partial charge in [0, 0.05) is 37.2 Å². The molecule has 9 nitrogen and oxygen atoms in total. The second-order valence-electron chi connectivity index (χ2n) is 8.94. The SMILES string of the molecule is COc1cc(S(C)(=O)=O)ccc1NCC#Cc1nc2c([C@H](Nc3ccnn3C)C(F)F)cccn2c1CC(F)(F)F. The number of alkyl halides is 5. The van der Waals surface area contributed by atoms with E-state index in [2.05, 4.69) is 32.6 Å². The summed E-state index contributed by atoms with van der Waals surface area (Å²) in [6.45, 7) is -0.0670. The summed E-state index contributed by atoms with van der Waals surface area (Å²) in [5.74, 6) is 5.82. The fourth-order valence-corrected chi connectivity index (χ4v) is 4.74. The molecule has 0 bridgehead atoms. The smallest absolute Gasteiger partial charge is 0.394 e. The quantitative estimate of drug-likeness (QED) is 0.217. The molecule has 0 saturated carbocycles. The monoisotopic (exact) mass is 596 g/mol. The molecular weight excluding hydrogens is 571 g/mol. The van der Waals surface area contributed by atoms with Gasteiger partial charge in [-0.1, -0.05) is 12.0 Å². The Hall–Kier alpha value is -4.32. The topological polar surface area (TPSA) is 103 Å². The summed E-state index contributed by atoms with van der Waals surface area (Å²) in [6, 6.07) is 6.81. The van der Waals surface area contributed by atoms with E-state index in [0.29, 0.717) is 5.69 Å². The first-order chi connectivity index (χ1) is 19.3. The van der Waals surface area contributed by atoms with Crippen LogP contribution in [0.15, 0.2) is 53.7 Å². The average molecular weight is 597 g/mol. The Morgan fingerprint density at radius 3 is 2.54 bits per heavy atom. The molecule has 3 aromatic heterocycles. The van der Waals surface area contributed by atoms with E-state index in [-0.39, 0.29) is 45.6 Å². The number of ether oxygens (including phenoxy) is 1. The molecule has 4 aromatic rings. The maximum atomic E-state index is 14.2. The van der Waals surface area contributed by atoms with E-state index < -0.39 is 34.9 Å². The van der Waals surface area contributed by atoms with Crippen molar-refractivity contribution in [2.75, 3.05) is 30.5 Å². The first-order valence-electron chi connectivity index (χ1n) is 12.0. The zero-order chi connectivity index (χ0) is 29.9. The fourth-order valence-electron chi connectivity index (χ4n) is 4.11. The van der Waals surface area contributed by atoms with Crippen LogP contribution in [0, 0.1) is 11.8 Å². The van der Waals surface area contributed by atoms with E-state index in [1.807, 2.05) is 0 Å². The van der Waals surface area contributed by atoms with Crippen molar-refractivity contribution in [1.29, 1.82) is 0 Å². The zero-order valence-electron chi connectivity index (χ0n) is 22.0. The van der Waals surface area contributed by atoms with E-state index >= 15 is 0 Å². The number of benzene rings is 1. The van der Waals surface area contributed by atoms with Crippen LogP contribution in [0.25, 0.3) is 5.65 Å². The minimum Gasteiger partial charge on any atom is -0.495 e. The number of anilines is 2. The minimum absolute atomic E-state index is 0.0194. The molecule has 1 aromatic carbocycles. The van der Waals surface area contributed by atoms with Crippen molar-refractivity contribution < 1.29 is 35.1 Å². The molecule has 0 aliphatic heterocycles. The lowest BCUT2D eigenvalue weighted by Crippen LogP contribution is -2.21. The number of nitrogens with zero attached hydrogens (tertiary/aromatic N) is 4. The summed E-state index contributed by atoms with van der Waals surface area (Å²) in [5, 5.41) is 9.55. The molecule has 41 heavy (non-hydrogen) atoms. The van der Waals surface area contributed by atoms with E-state index in [1.54, 1.807) is 7.05 Å². The zero-order valence-corrected chi connectivity index (χ0v) is 22.8. The fraction of sp³-hybridized carbons (Fsp3) is 0.308. The van der Waals surface area contributed by atoms with Crippen LogP contribution in [-0.4, -0.2) is 60.1 Å². The Morgan fingerprint density at radius 1 is 1.17 bits per heavy atom. The largest absolute Gasteiger partial charge is 0.495 e. The van der Waals surface area contributed by atoms with E-state index in [0.717, 1.165) is 10.7 Å². The lowest BCUT2D eigenvalue weighted by molar-refractivity contribution is -0.128. The van der Waals surface area contributed by atoms with Gasteiger partial charge in [0.05, 0.1) is 42.5 Å². The molecule has 218 valence electrons. The molecule has 1 atom stereocenters. The van der Waals surface area contributed by atoms with Crippen LogP contribution < -0.4 is 15.4 Å². The van der Waals surface area contributed by atoms with Gasteiger partial charge in [-0.3, -0.25) is 4.68 Å². The van der Waals surface area contributed by atoms with Gasteiger partial charge in [0.2, 0.25) is 0 Å². The number of rotatable bonds is 9. The number of aryl methyl sites for hydroxylation is 1. The Bertz CT molecular complexity index is 1720. The Morgan fingerprint density at radius 2 is 1.93 bits per heavy atom. The molecule has 4 rings (SSSR count). The molecule has 0 aliphatic carbocycles. The van der Waals surface area contributed by atoms with Crippen LogP contribution in [0.3, 0.4) is 0 Å². The molecule has 2 N–H and O–H groups in total. The maximum absolute atomic E-state index is 14.2. The van der Waals surface area contributed by atoms with Crippen LogP contribution >= 0.6 is 0 Å². The molecule has 0 saturated heterocycles. The number of methoxy groups -OCH3 is 1. The standard InChI is InChI=1S/C26H25F5N6O3S/c1-36-22(10-12-33-36)35-23(24(27)28)17-6-5-13-37-20(15-26(29,30)31)18(34-25(17)37)7-4-11-32-19-9-8-16(41(3,38)39)14-21(19)40-2/h5-6,8-10,12-14,23-24,32,35H,11,15H2,1-3H3/t23-/m0/s1. The van der Waals surface area contributed by atoms with Crippen molar-refractivity contribution in [1.82, 2.24) is 19.2 Å². The van der Waals surface area contributed by atoms with Crippen LogP contribution in [0.4, 0.5) is 33.5 Å². The van der Waals surface area contributed by atoms with E-state index in [4.69, 9.17) is 4.74 Å². The third kappa shape index (κ3) is 6.88. The number of aromatic nitrogens is 4. The number of hydrogen-bond acceptors (Lipinski definition) is 7. The highest BCUT2D eigenvalue weighted by molar-refractivity contribution is 7.90. The van der Waals surface area contributed by atoms with Gasteiger partial charge in [-0.05, 0) is 24.1 Å². The summed E-state index contributed by atoms with van der Waals surface area (Å²) in [6.07, 6.45) is -5.15. The van der Waals surface area contributed by atoms with Crippen LogP contribution in [0.1, 0.15) is 23.0 Å². The average Bonchev–Trinajstić information content (AvgIpc) is 3.46. The summed E-state index contributed by atoms with van der Waals surface area (Å²) in [7, 11) is -0.564. The first kappa shape index (κ1) is 29.7. The third-order valence-electron chi connectivity index (χ3n) is 6.03. The van der Waals surface area contributed by atoms with Gasteiger partial charge in [-0.25, -0.2) is 22.2 Å². The van der Waals surface area contributed by atoms with Crippen molar-refractivity contribution in [2.24, 2.45) is 7.05 Å². The number of sulfone groups is 1. The second-order valence-corrected chi connectivity index (χ2v) is 11.0. The molecule has 0 amide bonds. The highest BCUT2D eigenvalue weighted by Crippen LogP contribution is 2.31. The highest BCUT2D eigenvalue weighted by Gasteiger charge is 2.33. The molecule has 0 aliphatic rings. The first-order valence-corrected chi connectivity index (χ1v) is 13.9. The van der Waals surface area contributed by atoms with Crippen molar-refractivity contribution in [2.45, 2.75) is 30.0 Å². The lowest BCUT2D eigenvalue weighted by Gasteiger charge is -2.20. The van der Waals surface area contributed by atoms with Crippen molar-refractivity contribution >= 4 is 27.0 Å². The third-order valence-corrected chi connectivity index (χ3v) is 7.14. The number of halogens is 5. The number of hydrogen-bond donors (Lipinski definition) is 2. The van der Waals surface area contributed by atoms with Crippen LogP contribution in [0.5, 0.6) is 5.75 Å². The Labute approximate surface area is 232 Å². The predicted molar refractivity (Wildman–Crippen MR) is 142 cm³/mol. The summed E-state index contributed by atoms with van der Waals surface area (Å²) in [5.41, 5.74) is -0.228. The molecule has 3 heterocycles. The van der Waals surface area contributed by atoms with Gasteiger partial charge >= 0.3 is 6.18 Å². The van der Waals surface area contributed by atoms with Crippen molar-refractivity contribution in [3.8, 4) is 17.6 Å². The van der Waals surface area contributed by atoms with E-state index in [9.17, 15) is 30.4 Å². The van der Waals surface area contributed by atoms with Gasteiger partial charge in [-0.15, -0.1) is 0 Å². The molecular formula is C26H25F5N6O3S. The lowest BCUT2D eigenvalue weighted by atomic mass is 10.1. The van der Waals surface area contributed by atoms with Crippen molar-refractivity contribution in [3.05, 3.63) is 65.7 Å². The Balaban J connectivity index is 1.69. The van der Waals surface area contributed by atoms with Crippen LogP contribution in [0.2, 0.25) is 0 Å². The normalized spacial score (nSPS) is 12.7. The van der Waals surface area contributed by atoms with Gasteiger partial charge in [-0.2, -0.15) is 18.3 Å². The predicted octanol–water partition coefficient (Wildman–Crippen LogP) is 4.47. The number of pyridine rings is 1. The number of nitrogens with one attached hydrogen (secondary N) is 2. The van der Waals surface area contributed by atoms with Crippen LogP contribution in [-0.2, 0) is 23.3 Å². The number of fused-ring (bicyclic) bond motifs is 1. The summed E-state index contributed by atoms with van der Waals surface area (Å²) in [4.78, 5) is 4.29. The molecule has 15 heteroatoms. The molecule has 0 unspecified atom stereocenters. The molecule has 0 fully saturated rings. The van der Waals surface area contributed by atoms with Crippen molar-refractivity contribution in [3.63, 3.8) is 0 Å². The van der Waals surface area contributed by atoms with Gasteiger partial charge in [0.15, 0.2) is 9.84 Å². The van der Waals surface area contributed by atoms with Gasteiger partial charge in [0.1, 0.15) is 29.0 Å². The minimum atomic E-state index is -4.62. The summed E-state index contributed by atoms with van der Waals surface area (Å²) >= 11 is 0. The maximum Gasteiger partial charge on any atom is 0.394 e. The number of imidazole rings is 1. The van der Waals surface area contributed by atoms with Gasteiger partial charge in [0.25, 0.3) is 6.43 Å². The highest BCUT2D eigenvalue weighted by atomic mass is 32.2.